The molecular formula is C11H16N2O3. The van der Waals surface area contributed by atoms with Gasteiger partial charge in [-0.3, -0.25) is 0 Å². The van der Waals surface area contributed by atoms with Crippen molar-refractivity contribution in [3.05, 3.63) is 18.2 Å². The first-order chi connectivity index (χ1) is 7.85. The number of pyridine rings is 1. The number of methoxy groups -OCH3 is 1. The van der Waals surface area contributed by atoms with Crippen molar-refractivity contribution in [3.8, 4) is 5.88 Å². The first kappa shape index (κ1) is 11.2. The number of ether oxygens (including phenoxy) is 2. The van der Waals surface area contributed by atoms with E-state index in [2.05, 4.69) is 4.98 Å². The van der Waals surface area contributed by atoms with Gasteiger partial charge in [0.15, 0.2) is 0 Å². The summed E-state index contributed by atoms with van der Waals surface area (Å²) in [5.41, 5.74) is 0. The van der Waals surface area contributed by atoms with Crippen molar-refractivity contribution < 1.29 is 14.6 Å². The summed E-state index contributed by atoms with van der Waals surface area (Å²) in [7, 11) is 1.59. The maximum Gasteiger partial charge on any atom is 0.214 e. The fraction of sp³-hybridized carbons (Fsp3) is 0.545. The van der Waals surface area contributed by atoms with Gasteiger partial charge in [-0.1, -0.05) is 6.07 Å². The monoisotopic (exact) mass is 224 g/mol. The molecule has 1 aliphatic heterocycles. The molecule has 1 aromatic heterocycles. The normalized spacial score (nSPS) is 20.9. The van der Waals surface area contributed by atoms with Crippen LogP contribution in [0, 0.1) is 0 Å². The summed E-state index contributed by atoms with van der Waals surface area (Å²) in [4.78, 5) is 6.40. The highest BCUT2D eigenvalue weighted by atomic mass is 16.5. The van der Waals surface area contributed by atoms with Crippen molar-refractivity contribution in [1.29, 1.82) is 0 Å². The fourth-order valence-electron chi connectivity index (χ4n) is 1.79. The summed E-state index contributed by atoms with van der Waals surface area (Å²) in [6.45, 7) is 2.01. The van der Waals surface area contributed by atoms with Crippen LogP contribution in [0.3, 0.4) is 0 Å². The van der Waals surface area contributed by atoms with Crippen LogP contribution >= 0.6 is 0 Å². The molecule has 88 valence electrons. The molecule has 0 spiro atoms. The summed E-state index contributed by atoms with van der Waals surface area (Å²) < 4.78 is 10.4. The van der Waals surface area contributed by atoms with E-state index in [0.717, 1.165) is 12.4 Å². The van der Waals surface area contributed by atoms with E-state index >= 15 is 0 Å². The van der Waals surface area contributed by atoms with E-state index in [4.69, 9.17) is 9.47 Å². The summed E-state index contributed by atoms with van der Waals surface area (Å²) in [5.74, 6) is 1.40. The molecule has 0 bridgehead atoms. The molecule has 1 saturated heterocycles. The third-order valence-corrected chi connectivity index (χ3v) is 2.65. The van der Waals surface area contributed by atoms with Gasteiger partial charge in [0, 0.05) is 12.6 Å². The van der Waals surface area contributed by atoms with E-state index in [9.17, 15) is 5.11 Å². The van der Waals surface area contributed by atoms with Gasteiger partial charge in [0.1, 0.15) is 5.82 Å². The lowest BCUT2D eigenvalue weighted by Crippen LogP contribution is -2.48. The van der Waals surface area contributed by atoms with Crippen molar-refractivity contribution in [2.45, 2.75) is 6.04 Å². The van der Waals surface area contributed by atoms with Crippen LogP contribution in [-0.4, -0.2) is 49.6 Å². The molecule has 1 N–H and O–H groups in total. The zero-order valence-corrected chi connectivity index (χ0v) is 9.30. The minimum Gasteiger partial charge on any atom is -0.481 e. The Morgan fingerprint density at radius 3 is 3.25 bits per heavy atom. The van der Waals surface area contributed by atoms with Crippen molar-refractivity contribution >= 4 is 5.82 Å². The van der Waals surface area contributed by atoms with Crippen LogP contribution in [0.1, 0.15) is 0 Å². The zero-order chi connectivity index (χ0) is 11.4. The van der Waals surface area contributed by atoms with E-state index in [1.54, 1.807) is 13.2 Å². The van der Waals surface area contributed by atoms with E-state index in [0.29, 0.717) is 19.1 Å². The molecule has 5 nitrogen and oxygen atoms in total. The Bertz CT molecular complexity index is 346. The molecule has 0 aliphatic carbocycles. The lowest BCUT2D eigenvalue weighted by atomic mass is 10.2. The number of anilines is 1. The lowest BCUT2D eigenvalue weighted by Gasteiger charge is -2.35. The van der Waals surface area contributed by atoms with Gasteiger partial charge < -0.3 is 19.5 Å². The second-order valence-corrected chi connectivity index (χ2v) is 3.64. The third-order valence-electron chi connectivity index (χ3n) is 2.65. The zero-order valence-electron chi connectivity index (χ0n) is 9.30. The molecule has 1 unspecified atom stereocenters. The summed E-state index contributed by atoms with van der Waals surface area (Å²) in [5, 5.41) is 9.27. The SMILES string of the molecule is COc1cccc(N2CCOCC2CO)n1. The van der Waals surface area contributed by atoms with Gasteiger partial charge in [-0.25, -0.2) is 0 Å². The van der Waals surface area contributed by atoms with Crippen LogP contribution in [0.5, 0.6) is 5.88 Å². The van der Waals surface area contributed by atoms with Crippen molar-refractivity contribution in [1.82, 2.24) is 4.98 Å². The van der Waals surface area contributed by atoms with Crippen molar-refractivity contribution in [2.24, 2.45) is 0 Å². The van der Waals surface area contributed by atoms with Gasteiger partial charge >= 0.3 is 0 Å². The van der Waals surface area contributed by atoms with Gasteiger partial charge in [0.2, 0.25) is 5.88 Å². The van der Waals surface area contributed by atoms with Crippen LogP contribution in [-0.2, 0) is 4.74 Å². The van der Waals surface area contributed by atoms with Crippen LogP contribution in [0.25, 0.3) is 0 Å². The molecule has 1 atom stereocenters. The molecule has 0 saturated carbocycles. The Kier molecular flexibility index (Phi) is 3.58. The molecule has 1 aliphatic rings. The Balaban J connectivity index is 2.20. The Morgan fingerprint density at radius 2 is 2.50 bits per heavy atom. The highest BCUT2D eigenvalue weighted by Gasteiger charge is 2.23. The highest BCUT2D eigenvalue weighted by Crippen LogP contribution is 2.19. The van der Waals surface area contributed by atoms with Gasteiger partial charge in [-0.2, -0.15) is 4.98 Å². The predicted molar refractivity (Wildman–Crippen MR) is 59.8 cm³/mol. The average molecular weight is 224 g/mol. The average Bonchev–Trinajstić information content (AvgIpc) is 2.38. The maximum absolute atomic E-state index is 9.27. The number of aromatic nitrogens is 1. The Hall–Kier alpha value is -1.33. The summed E-state index contributed by atoms with van der Waals surface area (Å²) in [6, 6.07) is 5.59. The summed E-state index contributed by atoms with van der Waals surface area (Å²) in [6.07, 6.45) is 0. The summed E-state index contributed by atoms with van der Waals surface area (Å²) >= 11 is 0. The van der Waals surface area contributed by atoms with E-state index < -0.39 is 0 Å². The topological polar surface area (TPSA) is 54.8 Å². The number of hydrogen-bond donors (Lipinski definition) is 1. The molecule has 5 heteroatoms. The van der Waals surface area contributed by atoms with E-state index in [1.807, 2.05) is 17.0 Å². The molecule has 0 amide bonds. The minimum absolute atomic E-state index is 0.0200. The number of morpholine rings is 1. The molecule has 0 aromatic carbocycles. The predicted octanol–water partition coefficient (Wildman–Crippen LogP) is 0.288. The maximum atomic E-state index is 9.27. The molecule has 2 rings (SSSR count). The van der Waals surface area contributed by atoms with Crippen molar-refractivity contribution in [2.75, 3.05) is 38.4 Å². The minimum atomic E-state index is -0.0200. The number of aliphatic hydroxyl groups is 1. The smallest absolute Gasteiger partial charge is 0.214 e. The number of nitrogens with zero attached hydrogens (tertiary/aromatic N) is 2. The quantitative estimate of drug-likeness (QED) is 0.799. The molecule has 2 heterocycles. The molecule has 1 aromatic rings. The van der Waals surface area contributed by atoms with Crippen molar-refractivity contribution in [3.63, 3.8) is 0 Å². The van der Waals surface area contributed by atoms with Crippen LogP contribution in [0.15, 0.2) is 18.2 Å². The van der Waals surface area contributed by atoms with Gasteiger partial charge in [0.05, 0.1) is 33.0 Å². The second-order valence-electron chi connectivity index (χ2n) is 3.64. The van der Waals surface area contributed by atoms with E-state index in [1.165, 1.54) is 0 Å². The third kappa shape index (κ3) is 2.25. The fourth-order valence-corrected chi connectivity index (χ4v) is 1.79. The van der Waals surface area contributed by atoms with Gasteiger partial charge in [0.25, 0.3) is 0 Å². The van der Waals surface area contributed by atoms with Gasteiger partial charge in [-0.05, 0) is 6.07 Å². The first-order valence-corrected chi connectivity index (χ1v) is 5.31. The standard InChI is InChI=1S/C11H16N2O3/c1-15-11-4-2-3-10(12-11)13-5-6-16-8-9(13)7-14/h2-4,9,14H,5-8H2,1H3. The molecule has 1 fully saturated rings. The molecule has 0 radical (unpaired) electrons. The van der Waals surface area contributed by atoms with E-state index in [-0.39, 0.29) is 12.6 Å². The van der Waals surface area contributed by atoms with Crippen LogP contribution < -0.4 is 9.64 Å². The first-order valence-electron chi connectivity index (χ1n) is 5.31. The number of rotatable bonds is 3. The Morgan fingerprint density at radius 1 is 1.62 bits per heavy atom. The highest BCUT2D eigenvalue weighted by molar-refractivity contribution is 5.42. The number of hydrogen-bond acceptors (Lipinski definition) is 5. The lowest BCUT2D eigenvalue weighted by molar-refractivity contribution is 0.0722. The molecule has 16 heavy (non-hydrogen) atoms. The van der Waals surface area contributed by atoms with Crippen LogP contribution in [0.2, 0.25) is 0 Å². The second kappa shape index (κ2) is 5.14. The largest absolute Gasteiger partial charge is 0.481 e. The number of aliphatic hydroxyl groups excluding tert-OH is 1. The Labute approximate surface area is 94.6 Å². The van der Waals surface area contributed by atoms with Crippen LogP contribution in [0.4, 0.5) is 5.82 Å². The molecular weight excluding hydrogens is 208 g/mol. The van der Waals surface area contributed by atoms with Gasteiger partial charge in [-0.15, -0.1) is 0 Å².